The number of rotatable bonds is 5. The zero-order valence-electron chi connectivity index (χ0n) is 14.3. The summed E-state index contributed by atoms with van der Waals surface area (Å²) in [5.41, 5.74) is 0.345. The number of ether oxygens (including phenoxy) is 1. The van der Waals surface area contributed by atoms with Gasteiger partial charge in [0.15, 0.2) is 6.61 Å². The molecule has 4 bridgehead atoms. The lowest BCUT2D eigenvalue weighted by Crippen LogP contribution is -2.56. The molecule has 0 heterocycles. The van der Waals surface area contributed by atoms with Gasteiger partial charge in [-0.3, -0.25) is 4.79 Å². The van der Waals surface area contributed by atoms with Crippen LogP contribution in [0.3, 0.4) is 0 Å². The molecule has 0 aliphatic heterocycles. The van der Waals surface area contributed by atoms with Gasteiger partial charge in [0.2, 0.25) is 0 Å². The highest BCUT2D eigenvalue weighted by Crippen LogP contribution is 2.61. The number of hydrogen-bond acceptors (Lipinski definition) is 2. The number of hydrogen-bond donors (Lipinski definition) is 1. The predicted octanol–water partition coefficient (Wildman–Crippen LogP) is 4.55. The lowest BCUT2D eigenvalue weighted by Gasteiger charge is -2.59. The molecule has 5 rings (SSSR count). The zero-order valence-corrected chi connectivity index (χ0v) is 15.8. The van der Waals surface area contributed by atoms with E-state index in [1.54, 1.807) is 0 Å². The summed E-state index contributed by atoms with van der Waals surface area (Å²) in [7, 11) is 0. The van der Waals surface area contributed by atoms with Gasteiger partial charge in [0.25, 0.3) is 5.91 Å². The Kier molecular flexibility index (Phi) is 4.36. The molecule has 24 heavy (non-hydrogen) atoms. The van der Waals surface area contributed by atoms with Crippen LogP contribution in [0.5, 0.6) is 5.75 Å². The van der Waals surface area contributed by atoms with Crippen molar-refractivity contribution in [1.29, 1.82) is 0 Å². The lowest BCUT2D eigenvalue weighted by atomic mass is 9.48. The number of halogens is 1. The number of carbonyl (C=O) groups is 1. The molecular weight excluding hydrogens is 366 g/mol. The van der Waals surface area contributed by atoms with Crippen molar-refractivity contribution in [2.24, 2.45) is 23.2 Å². The van der Waals surface area contributed by atoms with E-state index in [9.17, 15) is 4.79 Å². The van der Waals surface area contributed by atoms with Gasteiger partial charge < -0.3 is 10.1 Å². The highest BCUT2D eigenvalue weighted by atomic mass is 79.9. The van der Waals surface area contributed by atoms with Crippen LogP contribution in [0.2, 0.25) is 0 Å². The largest absolute Gasteiger partial charge is 0.483 e. The first kappa shape index (κ1) is 16.4. The van der Waals surface area contributed by atoms with Gasteiger partial charge in [-0.05, 0) is 96.7 Å². The minimum atomic E-state index is -0.00556. The Morgan fingerprint density at radius 3 is 2.38 bits per heavy atom. The number of benzene rings is 1. The standard InChI is InChI=1S/C20H26BrNO2/c1-13(20-9-14-6-15(10-20)8-16(7-14)11-20)22-19(23)12-24-18-5-3-2-4-17(18)21/h2-5,13-16H,6-12H2,1H3,(H,22,23)/t13-,14?,15?,16?,20?/m1/s1. The molecule has 0 saturated heterocycles. The molecule has 1 aromatic carbocycles. The average Bonchev–Trinajstić information content (AvgIpc) is 2.53. The molecule has 4 saturated carbocycles. The molecule has 1 aromatic rings. The number of amides is 1. The minimum absolute atomic E-state index is 0.00556. The SMILES string of the molecule is C[C@@H](NC(=O)COc1ccccc1Br)C12CC3CC(CC(C3)C1)C2. The Morgan fingerprint density at radius 2 is 1.79 bits per heavy atom. The van der Waals surface area contributed by atoms with Gasteiger partial charge in [-0.1, -0.05) is 12.1 Å². The first-order valence-electron chi connectivity index (χ1n) is 9.21. The summed E-state index contributed by atoms with van der Waals surface area (Å²) in [4.78, 5) is 12.4. The third-order valence-electron chi connectivity index (χ3n) is 6.58. The minimum Gasteiger partial charge on any atom is -0.483 e. The second-order valence-corrected chi connectivity index (χ2v) is 9.14. The van der Waals surface area contributed by atoms with E-state index in [0.717, 1.165) is 28.0 Å². The summed E-state index contributed by atoms with van der Waals surface area (Å²) < 4.78 is 6.54. The Morgan fingerprint density at radius 1 is 1.21 bits per heavy atom. The van der Waals surface area contributed by atoms with Crippen LogP contribution in [0, 0.1) is 23.2 Å². The lowest BCUT2D eigenvalue weighted by molar-refractivity contribution is -0.127. The normalized spacial score (nSPS) is 34.8. The Balaban J connectivity index is 1.35. The molecule has 0 unspecified atom stereocenters. The van der Waals surface area contributed by atoms with Crippen LogP contribution in [-0.2, 0) is 4.79 Å². The molecule has 130 valence electrons. The summed E-state index contributed by atoms with van der Waals surface area (Å²) >= 11 is 3.45. The molecule has 4 heteroatoms. The topological polar surface area (TPSA) is 38.3 Å². The first-order valence-corrected chi connectivity index (χ1v) is 10.00. The van der Waals surface area contributed by atoms with E-state index in [0.29, 0.717) is 5.41 Å². The van der Waals surface area contributed by atoms with Gasteiger partial charge in [-0.2, -0.15) is 0 Å². The van der Waals surface area contributed by atoms with Gasteiger partial charge >= 0.3 is 0 Å². The average molecular weight is 392 g/mol. The van der Waals surface area contributed by atoms with Crippen molar-refractivity contribution < 1.29 is 9.53 Å². The molecule has 1 N–H and O–H groups in total. The van der Waals surface area contributed by atoms with E-state index >= 15 is 0 Å². The zero-order chi connectivity index (χ0) is 16.7. The van der Waals surface area contributed by atoms with Crippen LogP contribution < -0.4 is 10.1 Å². The van der Waals surface area contributed by atoms with Crippen molar-refractivity contribution >= 4 is 21.8 Å². The van der Waals surface area contributed by atoms with E-state index in [1.165, 1.54) is 38.5 Å². The fraction of sp³-hybridized carbons (Fsp3) is 0.650. The number of para-hydroxylation sites is 1. The molecule has 0 spiro atoms. The third-order valence-corrected chi connectivity index (χ3v) is 7.23. The Hall–Kier alpha value is -1.03. The van der Waals surface area contributed by atoms with E-state index in [2.05, 4.69) is 28.2 Å². The predicted molar refractivity (Wildman–Crippen MR) is 97.8 cm³/mol. The second-order valence-electron chi connectivity index (χ2n) is 8.29. The van der Waals surface area contributed by atoms with Crippen LogP contribution in [0.1, 0.15) is 45.4 Å². The summed E-state index contributed by atoms with van der Waals surface area (Å²) in [5, 5.41) is 3.25. The first-order chi connectivity index (χ1) is 11.5. The molecule has 1 amide bonds. The fourth-order valence-electron chi connectivity index (χ4n) is 5.85. The van der Waals surface area contributed by atoms with Gasteiger partial charge in [-0.15, -0.1) is 0 Å². The van der Waals surface area contributed by atoms with Crippen molar-refractivity contribution in [2.45, 2.75) is 51.5 Å². The summed E-state index contributed by atoms with van der Waals surface area (Å²) in [5.74, 6) is 3.44. The molecule has 3 nitrogen and oxygen atoms in total. The Bertz CT molecular complexity index is 595. The van der Waals surface area contributed by atoms with E-state index in [4.69, 9.17) is 4.74 Å². The van der Waals surface area contributed by atoms with E-state index < -0.39 is 0 Å². The molecule has 1 atom stereocenters. The monoisotopic (exact) mass is 391 g/mol. The molecule has 4 fully saturated rings. The van der Waals surface area contributed by atoms with Crippen molar-refractivity contribution in [1.82, 2.24) is 5.32 Å². The van der Waals surface area contributed by atoms with Crippen molar-refractivity contribution in [3.63, 3.8) is 0 Å². The number of nitrogens with one attached hydrogen (secondary N) is 1. The van der Waals surface area contributed by atoms with Gasteiger partial charge in [0, 0.05) is 6.04 Å². The maximum atomic E-state index is 12.4. The van der Waals surface area contributed by atoms with E-state index in [-0.39, 0.29) is 18.6 Å². The van der Waals surface area contributed by atoms with Gasteiger partial charge in [-0.25, -0.2) is 0 Å². The highest BCUT2D eigenvalue weighted by molar-refractivity contribution is 9.10. The Labute approximate surface area is 152 Å². The molecule has 0 radical (unpaired) electrons. The highest BCUT2D eigenvalue weighted by Gasteiger charge is 2.53. The van der Waals surface area contributed by atoms with Crippen LogP contribution >= 0.6 is 15.9 Å². The van der Waals surface area contributed by atoms with Crippen molar-refractivity contribution in [3.05, 3.63) is 28.7 Å². The third kappa shape index (κ3) is 3.10. The summed E-state index contributed by atoms with van der Waals surface area (Å²) in [6.07, 6.45) is 8.24. The van der Waals surface area contributed by atoms with Gasteiger partial charge in [0.1, 0.15) is 5.75 Å². The van der Waals surface area contributed by atoms with Crippen LogP contribution in [0.15, 0.2) is 28.7 Å². The maximum Gasteiger partial charge on any atom is 0.258 e. The maximum absolute atomic E-state index is 12.4. The summed E-state index contributed by atoms with van der Waals surface area (Å²) in [6.45, 7) is 2.29. The molecular formula is C20H26BrNO2. The summed E-state index contributed by atoms with van der Waals surface area (Å²) in [6, 6.07) is 7.90. The smallest absolute Gasteiger partial charge is 0.258 e. The molecule has 4 aliphatic rings. The van der Waals surface area contributed by atoms with Crippen LogP contribution in [0.25, 0.3) is 0 Å². The van der Waals surface area contributed by atoms with Crippen molar-refractivity contribution in [3.8, 4) is 5.75 Å². The van der Waals surface area contributed by atoms with Crippen LogP contribution in [-0.4, -0.2) is 18.6 Å². The van der Waals surface area contributed by atoms with Crippen LogP contribution in [0.4, 0.5) is 0 Å². The molecule has 4 aliphatic carbocycles. The van der Waals surface area contributed by atoms with E-state index in [1.807, 2.05) is 24.3 Å². The van der Waals surface area contributed by atoms with Crippen molar-refractivity contribution in [2.75, 3.05) is 6.61 Å². The van der Waals surface area contributed by atoms with Gasteiger partial charge in [0.05, 0.1) is 4.47 Å². The fourth-order valence-corrected chi connectivity index (χ4v) is 6.25. The quantitative estimate of drug-likeness (QED) is 0.799. The second kappa shape index (κ2) is 6.36. The number of carbonyl (C=O) groups excluding carboxylic acids is 1. The molecule has 0 aromatic heterocycles.